The van der Waals surface area contributed by atoms with Gasteiger partial charge in [-0.3, -0.25) is 0 Å². The Morgan fingerprint density at radius 2 is 1.38 bits per heavy atom. The molecule has 32 heavy (non-hydrogen) atoms. The zero-order valence-corrected chi connectivity index (χ0v) is 19.2. The average Bonchev–Trinajstić information content (AvgIpc) is 2.85. The molecule has 0 amide bonds. The minimum Gasteiger partial charge on any atom is -0.378 e. The van der Waals surface area contributed by atoms with Crippen LogP contribution in [0.25, 0.3) is 6.08 Å². The summed E-state index contributed by atoms with van der Waals surface area (Å²) in [5.74, 6) is 2.02. The lowest BCUT2D eigenvalue weighted by Crippen LogP contribution is -2.34. The van der Waals surface area contributed by atoms with Gasteiger partial charge in [-0.25, -0.2) is 5.43 Å². The van der Waals surface area contributed by atoms with Crippen LogP contribution >= 0.6 is 0 Å². The zero-order chi connectivity index (χ0) is 22.2. The van der Waals surface area contributed by atoms with Crippen molar-refractivity contribution < 1.29 is 0 Å². The molecule has 0 bridgehead atoms. The number of allylic oxidation sites excluding steroid dienone is 1. The Labute approximate surface area is 191 Å². The monoisotopic (exact) mass is 434 g/mol. The van der Waals surface area contributed by atoms with Crippen molar-refractivity contribution in [1.82, 2.24) is 15.0 Å². The van der Waals surface area contributed by atoms with Gasteiger partial charge in [0.2, 0.25) is 17.8 Å². The van der Waals surface area contributed by atoms with Crippen molar-refractivity contribution >= 4 is 35.8 Å². The summed E-state index contributed by atoms with van der Waals surface area (Å²) in [6, 6.07) is 8.39. The molecule has 1 aromatic carbocycles. The standard InChI is InChI=1S/C24H34N8/c1-30(2)21-13-11-20(12-14-21)10-9-15-25-29-22-26-23(31-16-5-3-6-17-31)28-24(27-22)32-18-7-4-8-19-32/h9-15H,3-8,16-19H2,1-2H3,(H,26,27,28,29). The van der Waals surface area contributed by atoms with Crippen molar-refractivity contribution in [3.63, 3.8) is 0 Å². The number of nitrogens with zero attached hydrogens (tertiary/aromatic N) is 7. The maximum absolute atomic E-state index is 4.80. The van der Waals surface area contributed by atoms with Crippen molar-refractivity contribution in [3.05, 3.63) is 35.9 Å². The van der Waals surface area contributed by atoms with E-state index in [0.717, 1.165) is 43.6 Å². The molecule has 2 aromatic rings. The van der Waals surface area contributed by atoms with Crippen LogP contribution in [0.1, 0.15) is 44.1 Å². The number of piperidine rings is 2. The molecule has 170 valence electrons. The number of anilines is 4. The fourth-order valence-electron chi connectivity index (χ4n) is 4.05. The average molecular weight is 435 g/mol. The number of hydrazone groups is 1. The maximum atomic E-state index is 4.80. The molecule has 0 saturated carbocycles. The van der Waals surface area contributed by atoms with Crippen molar-refractivity contribution in [2.24, 2.45) is 5.10 Å². The number of hydrogen-bond acceptors (Lipinski definition) is 8. The van der Waals surface area contributed by atoms with Gasteiger partial charge in [0.25, 0.3) is 0 Å². The highest BCUT2D eigenvalue weighted by Crippen LogP contribution is 2.22. The first-order chi connectivity index (χ1) is 15.7. The van der Waals surface area contributed by atoms with Crippen LogP contribution < -0.4 is 20.1 Å². The van der Waals surface area contributed by atoms with Crippen LogP contribution in [0.5, 0.6) is 0 Å². The molecule has 2 aliphatic heterocycles. The first-order valence-electron chi connectivity index (χ1n) is 11.7. The molecular formula is C24H34N8. The highest BCUT2D eigenvalue weighted by Gasteiger charge is 2.20. The highest BCUT2D eigenvalue weighted by atomic mass is 15.4. The molecule has 3 heterocycles. The van der Waals surface area contributed by atoms with Gasteiger partial charge in [-0.05, 0) is 62.3 Å². The second-order valence-electron chi connectivity index (χ2n) is 8.59. The fraction of sp³-hybridized carbons (Fsp3) is 0.500. The third-order valence-corrected chi connectivity index (χ3v) is 5.91. The van der Waals surface area contributed by atoms with Gasteiger partial charge >= 0.3 is 0 Å². The number of hydrogen-bond donors (Lipinski definition) is 1. The van der Waals surface area contributed by atoms with Gasteiger partial charge in [0.05, 0.1) is 0 Å². The summed E-state index contributed by atoms with van der Waals surface area (Å²) >= 11 is 0. The fourth-order valence-corrected chi connectivity index (χ4v) is 4.05. The topological polar surface area (TPSA) is 72.8 Å². The second kappa shape index (κ2) is 10.9. The Morgan fingerprint density at radius 3 is 1.91 bits per heavy atom. The first kappa shape index (κ1) is 22.0. The van der Waals surface area contributed by atoms with E-state index in [2.05, 4.69) is 59.5 Å². The Morgan fingerprint density at radius 1 is 0.812 bits per heavy atom. The van der Waals surface area contributed by atoms with Gasteiger partial charge in [-0.2, -0.15) is 20.1 Å². The van der Waals surface area contributed by atoms with Gasteiger partial charge in [-0.15, -0.1) is 0 Å². The molecule has 8 heteroatoms. The molecule has 0 aliphatic carbocycles. The molecule has 2 aliphatic rings. The van der Waals surface area contributed by atoms with Crippen LogP contribution in [-0.4, -0.2) is 61.4 Å². The molecule has 1 N–H and O–H groups in total. The van der Waals surface area contributed by atoms with Gasteiger partial charge in [-0.1, -0.05) is 18.2 Å². The lowest BCUT2D eigenvalue weighted by molar-refractivity contribution is 0.556. The number of nitrogens with one attached hydrogen (secondary N) is 1. The molecule has 1 aromatic heterocycles. The molecular weight excluding hydrogens is 400 g/mol. The lowest BCUT2D eigenvalue weighted by Gasteiger charge is -2.30. The van der Waals surface area contributed by atoms with Gasteiger partial charge in [0.15, 0.2) is 0 Å². The zero-order valence-electron chi connectivity index (χ0n) is 19.2. The smallest absolute Gasteiger partial charge is 0.250 e. The Balaban J connectivity index is 1.44. The molecule has 4 rings (SSSR count). The van der Waals surface area contributed by atoms with Crippen molar-refractivity contribution in [2.45, 2.75) is 38.5 Å². The number of benzene rings is 1. The summed E-state index contributed by atoms with van der Waals surface area (Å²) in [6.45, 7) is 4.01. The van der Waals surface area contributed by atoms with E-state index in [1.54, 1.807) is 6.21 Å². The summed E-state index contributed by atoms with van der Waals surface area (Å²) in [6.07, 6.45) is 13.0. The summed E-state index contributed by atoms with van der Waals surface area (Å²) < 4.78 is 0. The van der Waals surface area contributed by atoms with Crippen LogP contribution in [-0.2, 0) is 0 Å². The molecule has 2 saturated heterocycles. The summed E-state index contributed by atoms with van der Waals surface area (Å²) in [5.41, 5.74) is 5.32. The molecule has 2 fully saturated rings. The van der Waals surface area contributed by atoms with E-state index in [1.807, 2.05) is 26.2 Å². The third-order valence-electron chi connectivity index (χ3n) is 5.91. The van der Waals surface area contributed by atoms with E-state index in [4.69, 9.17) is 4.98 Å². The van der Waals surface area contributed by atoms with Crippen LogP contribution in [0, 0.1) is 0 Å². The normalized spacial score (nSPS) is 17.3. The van der Waals surface area contributed by atoms with E-state index in [9.17, 15) is 0 Å². The summed E-state index contributed by atoms with van der Waals surface area (Å²) in [7, 11) is 4.08. The summed E-state index contributed by atoms with van der Waals surface area (Å²) in [4.78, 5) is 20.7. The number of rotatable bonds is 7. The molecule has 0 unspecified atom stereocenters. The Bertz CT molecular complexity index is 874. The predicted molar refractivity (Wildman–Crippen MR) is 134 cm³/mol. The summed E-state index contributed by atoms with van der Waals surface area (Å²) in [5, 5.41) is 4.32. The van der Waals surface area contributed by atoms with Crippen molar-refractivity contribution in [3.8, 4) is 0 Å². The van der Waals surface area contributed by atoms with Crippen LogP contribution in [0.3, 0.4) is 0 Å². The number of aromatic nitrogens is 3. The molecule has 0 atom stereocenters. The van der Waals surface area contributed by atoms with Crippen LogP contribution in [0.15, 0.2) is 35.4 Å². The van der Waals surface area contributed by atoms with E-state index >= 15 is 0 Å². The van der Waals surface area contributed by atoms with E-state index in [1.165, 1.54) is 44.2 Å². The van der Waals surface area contributed by atoms with Gasteiger partial charge in [0, 0.05) is 52.2 Å². The van der Waals surface area contributed by atoms with Crippen molar-refractivity contribution in [2.75, 3.05) is 60.4 Å². The van der Waals surface area contributed by atoms with E-state index in [0.29, 0.717) is 5.95 Å². The van der Waals surface area contributed by atoms with Gasteiger partial charge < -0.3 is 14.7 Å². The largest absolute Gasteiger partial charge is 0.378 e. The quantitative estimate of drug-likeness (QED) is 0.521. The Kier molecular flexibility index (Phi) is 7.53. The van der Waals surface area contributed by atoms with Crippen molar-refractivity contribution in [1.29, 1.82) is 0 Å². The SMILES string of the molecule is CN(C)c1ccc(C=CC=NNc2nc(N3CCCCC3)nc(N3CCCCC3)n2)cc1. The Hall–Kier alpha value is -3.16. The minimum atomic E-state index is 0.501. The molecule has 8 nitrogen and oxygen atoms in total. The molecule has 0 spiro atoms. The van der Waals surface area contributed by atoms with Crippen LogP contribution in [0.4, 0.5) is 23.5 Å². The third kappa shape index (κ3) is 5.96. The van der Waals surface area contributed by atoms with Crippen LogP contribution in [0.2, 0.25) is 0 Å². The first-order valence-corrected chi connectivity index (χ1v) is 11.7. The maximum Gasteiger partial charge on any atom is 0.250 e. The minimum absolute atomic E-state index is 0.501. The highest BCUT2D eigenvalue weighted by molar-refractivity contribution is 5.78. The molecule has 0 radical (unpaired) electrons. The lowest BCUT2D eigenvalue weighted by atomic mass is 10.1. The second-order valence-corrected chi connectivity index (χ2v) is 8.59. The van der Waals surface area contributed by atoms with E-state index < -0.39 is 0 Å². The van der Waals surface area contributed by atoms with E-state index in [-0.39, 0.29) is 0 Å². The van der Waals surface area contributed by atoms with Gasteiger partial charge in [0.1, 0.15) is 0 Å². The predicted octanol–water partition coefficient (Wildman–Crippen LogP) is 4.03.